The Balaban J connectivity index is 1.61. The Bertz CT molecular complexity index is 788. The molecular weight excluding hydrogens is 360 g/mol. The fourth-order valence-electron chi connectivity index (χ4n) is 3.20. The maximum atomic E-state index is 12.4. The number of hydrogen-bond acceptors (Lipinski definition) is 5. The Labute approximate surface area is 164 Å². The number of unbranched alkanes of at least 4 members (excludes halogenated alkanes) is 1. The van der Waals surface area contributed by atoms with Crippen molar-refractivity contribution in [2.75, 3.05) is 18.4 Å². The number of carbonyl (C=O) groups is 2. The Kier molecular flexibility index (Phi) is 6.55. The normalized spacial score (nSPS) is 17.0. The number of anilines is 1. The minimum Gasteiger partial charge on any atom is -0.342 e. The van der Waals surface area contributed by atoms with Gasteiger partial charge in [0.25, 0.3) is 5.91 Å². The average molecular weight is 387 g/mol. The van der Waals surface area contributed by atoms with Gasteiger partial charge >= 0.3 is 0 Å². The first-order valence-corrected chi connectivity index (χ1v) is 10.4. The lowest BCUT2D eigenvalue weighted by Gasteiger charge is -2.31. The summed E-state index contributed by atoms with van der Waals surface area (Å²) in [6, 6.07) is 7.65. The second kappa shape index (κ2) is 9.08. The van der Waals surface area contributed by atoms with E-state index < -0.39 is 0 Å². The summed E-state index contributed by atoms with van der Waals surface area (Å²) >= 11 is 1.33. The number of benzene rings is 1. The third-order valence-electron chi connectivity index (χ3n) is 4.81. The van der Waals surface area contributed by atoms with Crippen LogP contribution in [0.25, 0.3) is 0 Å². The second-order valence-electron chi connectivity index (χ2n) is 7.05. The summed E-state index contributed by atoms with van der Waals surface area (Å²) in [5.74, 6) is 0.153. The first-order chi connectivity index (χ1) is 13.1. The molecular formula is C20H26N4O2S. The highest BCUT2D eigenvalue weighted by molar-refractivity contribution is 7.13. The van der Waals surface area contributed by atoms with E-state index in [-0.39, 0.29) is 17.7 Å². The predicted octanol–water partition coefficient (Wildman–Crippen LogP) is 4.00. The zero-order valence-electron chi connectivity index (χ0n) is 15.9. The van der Waals surface area contributed by atoms with Crippen LogP contribution in [-0.4, -0.2) is 40.0 Å². The van der Waals surface area contributed by atoms with Crippen LogP contribution in [0.15, 0.2) is 24.3 Å². The van der Waals surface area contributed by atoms with E-state index in [1.54, 1.807) is 0 Å². The molecule has 0 radical (unpaired) electrons. The molecule has 27 heavy (non-hydrogen) atoms. The number of amides is 2. The van der Waals surface area contributed by atoms with Gasteiger partial charge in [-0.1, -0.05) is 42.4 Å². The van der Waals surface area contributed by atoms with Crippen molar-refractivity contribution < 1.29 is 9.59 Å². The van der Waals surface area contributed by atoms with Crippen LogP contribution in [0.2, 0.25) is 0 Å². The summed E-state index contributed by atoms with van der Waals surface area (Å²) < 4.78 is 0. The molecule has 3 rings (SSSR count). The van der Waals surface area contributed by atoms with E-state index >= 15 is 0 Å². The highest BCUT2D eigenvalue weighted by Crippen LogP contribution is 2.29. The molecule has 6 nitrogen and oxygen atoms in total. The van der Waals surface area contributed by atoms with Crippen LogP contribution >= 0.6 is 11.3 Å². The summed E-state index contributed by atoms with van der Waals surface area (Å²) in [5, 5.41) is 12.4. The van der Waals surface area contributed by atoms with Crippen molar-refractivity contribution in [2.24, 2.45) is 0 Å². The van der Waals surface area contributed by atoms with E-state index in [4.69, 9.17) is 0 Å². The maximum Gasteiger partial charge on any atom is 0.286 e. The Morgan fingerprint density at radius 2 is 2.04 bits per heavy atom. The van der Waals surface area contributed by atoms with Crippen molar-refractivity contribution in [3.63, 3.8) is 0 Å². The molecule has 1 unspecified atom stereocenters. The first kappa shape index (κ1) is 19.5. The third kappa shape index (κ3) is 5.13. The molecule has 0 aliphatic carbocycles. The van der Waals surface area contributed by atoms with E-state index in [2.05, 4.69) is 22.4 Å². The molecule has 144 valence electrons. The molecule has 2 amide bonds. The smallest absolute Gasteiger partial charge is 0.286 e. The molecule has 1 aromatic heterocycles. The summed E-state index contributed by atoms with van der Waals surface area (Å²) in [5.41, 5.74) is 1.88. The second-order valence-corrected chi connectivity index (χ2v) is 8.06. The van der Waals surface area contributed by atoms with Gasteiger partial charge in [0, 0.05) is 31.1 Å². The standard InChI is InChI=1S/C20H26N4O2S/c1-3-4-7-17(25)24-12-5-6-15(13-24)19-22-23-20(27-19)18(26)21-16-10-8-14(2)9-11-16/h8-11,15H,3-7,12-13H2,1-2H3,(H,21,26). The number of aryl methyl sites for hydroxylation is 1. The monoisotopic (exact) mass is 386 g/mol. The zero-order chi connectivity index (χ0) is 19.2. The quantitative estimate of drug-likeness (QED) is 0.814. The van der Waals surface area contributed by atoms with Gasteiger partial charge in [-0.15, -0.1) is 10.2 Å². The van der Waals surface area contributed by atoms with Crippen molar-refractivity contribution in [3.8, 4) is 0 Å². The fourth-order valence-corrected chi connectivity index (χ4v) is 4.07. The Morgan fingerprint density at radius 1 is 1.26 bits per heavy atom. The molecule has 2 aromatic rings. The molecule has 1 aliphatic rings. The zero-order valence-corrected chi connectivity index (χ0v) is 16.7. The number of nitrogens with one attached hydrogen (secondary N) is 1. The number of hydrogen-bond donors (Lipinski definition) is 1. The van der Waals surface area contributed by atoms with Gasteiger partial charge in [-0.2, -0.15) is 0 Å². The summed E-state index contributed by atoms with van der Waals surface area (Å²) in [7, 11) is 0. The molecule has 1 atom stereocenters. The van der Waals surface area contributed by atoms with Gasteiger partial charge in [0.1, 0.15) is 5.01 Å². The topological polar surface area (TPSA) is 75.2 Å². The SMILES string of the molecule is CCCCC(=O)N1CCCC(c2nnc(C(=O)Nc3ccc(C)cc3)s2)C1. The van der Waals surface area contributed by atoms with Gasteiger partial charge in [0.2, 0.25) is 10.9 Å². The lowest BCUT2D eigenvalue weighted by atomic mass is 9.98. The van der Waals surface area contributed by atoms with Gasteiger partial charge in [0.05, 0.1) is 0 Å². The summed E-state index contributed by atoms with van der Waals surface area (Å²) in [6.45, 7) is 5.59. The number of carbonyl (C=O) groups excluding carboxylic acids is 2. The molecule has 0 saturated carbocycles. The number of aromatic nitrogens is 2. The van der Waals surface area contributed by atoms with Crippen LogP contribution in [0, 0.1) is 6.92 Å². The Hall–Kier alpha value is -2.28. The lowest BCUT2D eigenvalue weighted by molar-refractivity contribution is -0.132. The molecule has 0 spiro atoms. The van der Waals surface area contributed by atoms with Crippen LogP contribution in [0.4, 0.5) is 5.69 Å². The Morgan fingerprint density at radius 3 is 2.78 bits per heavy atom. The van der Waals surface area contributed by atoms with Crippen LogP contribution < -0.4 is 5.32 Å². The molecule has 0 bridgehead atoms. The van der Waals surface area contributed by atoms with Crippen LogP contribution in [0.1, 0.15) is 65.3 Å². The van der Waals surface area contributed by atoms with Crippen molar-refractivity contribution in [1.29, 1.82) is 0 Å². The number of nitrogens with zero attached hydrogens (tertiary/aromatic N) is 3. The largest absolute Gasteiger partial charge is 0.342 e. The number of rotatable bonds is 6. The van der Waals surface area contributed by atoms with Gasteiger partial charge in [0.15, 0.2) is 0 Å². The van der Waals surface area contributed by atoms with E-state index in [0.717, 1.165) is 48.5 Å². The molecule has 1 aromatic carbocycles. The van der Waals surface area contributed by atoms with Crippen molar-refractivity contribution in [3.05, 3.63) is 39.8 Å². The van der Waals surface area contributed by atoms with E-state index in [1.807, 2.05) is 36.1 Å². The highest BCUT2D eigenvalue weighted by atomic mass is 32.1. The van der Waals surface area contributed by atoms with Gasteiger partial charge in [-0.05, 0) is 38.3 Å². The minimum absolute atomic E-state index is 0.169. The van der Waals surface area contributed by atoms with Gasteiger partial charge < -0.3 is 10.2 Å². The lowest BCUT2D eigenvalue weighted by Crippen LogP contribution is -2.38. The molecule has 7 heteroatoms. The third-order valence-corrected chi connectivity index (χ3v) is 5.90. The average Bonchev–Trinajstić information content (AvgIpc) is 3.18. The van der Waals surface area contributed by atoms with Crippen LogP contribution in [0.5, 0.6) is 0 Å². The van der Waals surface area contributed by atoms with Gasteiger partial charge in [-0.3, -0.25) is 9.59 Å². The van der Waals surface area contributed by atoms with E-state index in [1.165, 1.54) is 11.3 Å². The predicted molar refractivity (Wildman–Crippen MR) is 107 cm³/mol. The summed E-state index contributed by atoms with van der Waals surface area (Å²) in [4.78, 5) is 26.7. The number of piperidine rings is 1. The van der Waals surface area contributed by atoms with Crippen molar-refractivity contribution in [1.82, 2.24) is 15.1 Å². The molecule has 1 saturated heterocycles. The van der Waals surface area contributed by atoms with E-state index in [0.29, 0.717) is 18.0 Å². The minimum atomic E-state index is -0.241. The molecule has 1 aliphatic heterocycles. The van der Waals surface area contributed by atoms with E-state index in [9.17, 15) is 9.59 Å². The van der Waals surface area contributed by atoms with Crippen LogP contribution in [-0.2, 0) is 4.79 Å². The number of likely N-dealkylation sites (tertiary alicyclic amines) is 1. The molecule has 1 fully saturated rings. The molecule has 2 heterocycles. The highest BCUT2D eigenvalue weighted by Gasteiger charge is 2.27. The van der Waals surface area contributed by atoms with Crippen molar-refractivity contribution in [2.45, 2.75) is 51.9 Å². The van der Waals surface area contributed by atoms with Crippen molar-refractivity contribution >= 4 is 28.8 Å². The summed E-state index contributed by atoms with van der Waals surface area (Å²) in [6.07, 6.45) is 4.52. The maximum absolute atomic E-state index is 12.4. The fraction of sp³-hybridized carbons (Fsp3) is 0.500. The molecule has 1 N–H and O–H groups in total. The van der Waals surface area contributed by atoms with Crippen LogP contribution in [0.3, 0.4) is 0 Å². The first-order valence-electron chi connectivity index (χ1n) is 9.56. The van der Waals surface area contributed by atoms with Gasteiger partial charge in [-0.25, -0.2) is 0 Å².